The normalized spacial score (nSPS) is 24.3. The molecule has 4 rings (SSSR count). The molecule has 3 heteroatoms. The SMILES string of the molecule is COc1ccc(CCN(C)CC2=CC[C@@H]3C[C@@H]2C3(C)C)cc1OC. The van der Waals surface area contributed by atoms with E-state index in [2.05, 4.69) is 44.0 Å². The van der Waals surface area contributed by atoms with Crippen molar-refractivity contribution >= 4 is 0 Å². The highest BCUT2D eigenvalue weighted by Crippen LogP contribution is 2.59. The van der Waals surface area contributed by atoms with Crippen LogP contribution in [0.3, 0.4) is 0 Å². The maximum absolute atomic E-state index is 5.40. The van der Waals surface area contributed by atoms with E-state index in [0.717, 1.165) is 42.8 Å². The third-order valence-electron chi connectivity index (χ3n) is 6.27. The topological polar surface area (TPSA) is 21.7 Å². The van der Waals surface area contributed by atoms with Gasteiger partial charge in [-0.15, -0.1) is 0 Å². The number of allylic oxidation sites excluding steroid dienone is 1. The molecule has 3 aliphatic rings. The zero-order chi connectivity index (χ0) is 17.3. The van der Waals surface area contributed by atoms with Crippen molar-refractivity contribution < 1.29 is 9.47 Å². The summed E-state index contributed by atoms with van der Waals surface area (Å²) in [5.74, 6) is 3.33. The molecule has 0 radical (unpaired) electrons. The summed E-state index contributed by atoms with van der Waals surface area (Å²) >= 11 is 0. The summed E-state index contributed by atoms with van der Waals surface area (Å²) in [5.41, 5.74) is 3.48. The van der Waals surface area contributed by atoms with Crippen molar-refractivity contribution in [3.8, 4) is 11.5 Å². The number of benzene rings is 1. The molecule has 2 bridgehead atoms. The van der Waals surface area contributed by atoms with Crippen LogP contribution in [0.15, 0.2) is 29.8 Å². The molecular formula is C21H31NO2. The number of methoxy groups -OCH3 is 2. The number of rotatable bonds is 7. The van der Waals surface area contributed by atoms with E-state index in [-0.39, 0.29) is 0 Å². The summed E-state index contributed by atoms with van der Waals surface area (Å²) in [4.78, 5) is 2.46. The van der Waals surface area contributed by atoms with Gasteiger partial charge in [0.05, 0.1) is 14.2 Å². The largest absolute Gasteiger partial charge is 0.493 e. The van der Waals surface area contributed by atoms with Gasteiger partial charge >= 0.3 is 0 Å². The molecule has 24 heavy (non-hydrogen) atoms. The Bertz CT molecular complexity index is 620. The quantitative estimate of drug-likeness (QED) is 0.701. The van der Waals surface area contributed by atoms with Gasteiger partial charge in [0.25, 0.3) is 0 Å². The van der Waals surface area contributed by atoms with Crippen LogP contribution in [0.25, 0.3) is 0 Å². The molecular weight excluding hydrogens is 298 g/mol. The molecule has 1 saturated carbocycles. The molecule has 1 fully saturated rings. The fraction of sp³-hybridized carbons (Fsp3) is 0.619. The molecule has 0 amide bonds. The highest BCUT2D eigenvalue weighted by Gasteiger charge is 2.50. The minimum Gasteiger partial charge on any atom is -0.493 e. The number of nitrogens with zero attached hydrogens (tertiary/aromatic N) is 1. The molecule has 1 aromatic rings. The van der Waals surface area contributed by atoms with Crippen molar-refractivity contribution in [2.24, 2.45) is 17.3 Å². The van der Waals surface area contributed by atoms with Gasteiger partial charge in [0.15, 0.2) is 11.5 Å². The second-order valence-electron chi connectivity index (χ2n) is 8.00. The van der Waals surface area contributed by atoms with Crippen molar-refractivity contribution in [2.45, 2.75) is 33.1 Å². The van der Waals surface area contributed by atoms with Crippen LogP contribution in [0, 0.1) is 17.3 Å². The molecule has 3 nitrogen and oxygen atoms in total. The van der Waals surface area contributed by atoms with Crippen molar-refractivity contribution in [1.29, 1.82) is 0 Å². The van der Waals surface area contributed by atoms with E-state index in [9.17, 15) is 0 Å². The highest BCUT2D eigenvalue weighted by molar-refractivity contribution is 5.43. The molecule has 3 aliphatic carbocycles. The number of fused-ring (bicyclic) bond motifs is 1. The maximum atomic E-state index is 5.40. The van der Waals surface area contributed by atoms with Gasteiger partial charge in [-0.25, -0.2) is 0 Å². The van der Waals surface area contributed by atoms with E-state index in [1.165, 1.54) is 18.4 Å². The Kier molecular flexibility index (Phi) is 4.91. The number of likely N-dealkylation sites (N-methyl/N-ethyl adjacent to an activating group) is 1. The van der Waals surface area contributed by atoms with Crippen LogP contribution in [0.1, 0.15) is 32.3 Å². The lowest BCUT2D eigenvalue weighted by Gasteiger charge is -2.57. The fourth-order valence-electron chi connectivity index (χ4n) is 4.40. The fourth-order valence-corrected chi connectivity index (χ4v) is 4.40. The van der Waals surface area contributed by atoms with Gasteiger partial charge in [-0.05, 0) is 61.3 Å². The van der Waals surface area contributed by atoms with Crippen molar-refractivity contribution in [3.05, 3.63) is 35.4 Å². The smallest absolute Gasteiger partial charge is 0.160 e. The second kappa shape index (κ2) is 6.79. The average Bonchev–Trinajstić information content (AvgIpc) is 2.59. The van der Waals surface area contributed by atoms with Crippen LogP contribution in [0.2, 0.25) is 0 Å². The predicted octanol–water partition coefficient (Wildman–Crippen LogP) is 4.17. The van der Waals surface area contributed by atoms with Crippen LogP contribution in [0.5, 0.6) is 11.5 Å². The standard InChI is InChI=1S/C21H31NO2/c1-21(2)17-8-7-16(18(21)13-17)14-22(3)11-10-15-6-9-19(23-4)20(12-15)24-5/h6-7,9,12,17-18H,8,10-11,13-14H2,1-5H3/t17-,18+/m1/s1. The lowest BCUT2D eigenvalue weighted by Crippen LogP contribution is -2.49. The van der Waals surface area contributed by atoms with Crippen LogP contribution in [-0.2, 0) is 6.42 Å². The summed E-state index contributed by atoms with van der Waals surface area (Å²) in [5, 5.41) is 0. The maximum Gasteiger partial charge on any atom is 0.160 e. The van der Waals surface area contributed by atoms with Gasteiger partial charge in [0.1, 0.15) is 0 Å². The Morgan fingerprint density at radius 3 is 2.54 bits per heavy atom. The molecule has 0 aromatic heterocycles. The third kappa shape index (κ3) is 3.19. The summed E-state index contributed by atoms with van der Waals surface area (Å²) in [6, 6.07) is 6.22. The summed E-state index contributed by atoms with van der Waals surface area (Å²) < 4.78 is 10.7. The van der Waals surface area contributed by atoms with E-state index in [4.69, 9.17) is 9.47 Å². The van der Waals surface area contributed by atoms with Crippen LogP contribution >= 0.6 is 0 Å². The Labute approximate surface area is 146 Å². The average molecular weight is 329 g/mol. The van der Waals surface area contributed by atoms with Gasteiger partial charge in [0, 0.05) is 13.1 Å². The molecule has 0 aliphatic heterocycles. The Morgan fingerprint density at radius 1 is 1.17 bits per heavy atom. The number of hydrogen-bond acceptors (Lipinski definition) is 3. The molecule has 0 saturated heterocycles. The molecule has 0 N–H and O–H groups in total. The molecule has 0 unspecified atom stereocenters. The van der Waals surface area contributed by atoms with E-state index in [1.54, 1.807) is 19.8 Å². The van der Waals surface area contributed by atoms with Gasteiger partial charge in [-0.1, -0.05) is 31.6 Å². The van der Waals surface area contributed by atoms with Crippen LogP contribution in [0.4, 0.5) is 0 Å². The Hall–Kier alpha value is -1.48. The first-order valence-corrected chi connectivity index (χ1v) is 9.04. The van der Waals surface area contributed by atoms with Crippen molar-refractivity contribution in [2.75, 3.05) is 34.4 Å². The van der Waals surface area contributed by atoms with Gasteiger partial charge in [-0.2, -0.15) is 0 Å². The molecule has 2 atom stereocenters. The summed E-state index contributed by atoms with van der Waals surface area (Å²) in [6.07, 6.45) is 6.22. The Balaban J connectivity index is 1.55. The molecule has 0 spiro atoms. The molecule has 132 valence electrons. The molecule has 0 heterocycles. The van der Waals surface area contributed by atoms with Gasteiger partial charge in [-0.3, -0.25) is 0 Å². The van der Waals surface area contributed by atoms with E-state index in [0.29, 0.717) is 5.41 Å². The third-order valence-corrected chi connectivity index (χ3v) is 6.27. The van der Waals surface area contributed by atoms with E-state index < -0.39 is 0 Å². The lowest BCUT2D eigenvalue weighted by molar-refractivity contribution is -0.00994. The molecule has 1 aromatic carbocycles. The first-order valence-electron chi connectivity index (χ1n) is 9.04. The summed E-state index contributed by atoms with van der Waals surface area (Å²) in [7, 11) is 5.60. The van der Waals surface area contributed by atoms with Crippen molar-refractivity contribution in [3.63, 3.8) is 0 Å². The zero-order valence-electron chi connectivity index (χ0n) is 15.8. The predicted molar refractivity (Wildman–Crippen MR) is 98.8 cm³/mol. The first kappa shape index (κ1) is 17.3. The minimum absolute atomic E-state index is 0.522. The number of ether oxygens (including phenoxy) is 2. The zero-order valence-corrected chi connectivity index (χ0v) is 15.8. The second-order valence-corrected chi connectivity index (χ2v) is 8.00. The summed E-state index contributed by atoms with van der Waals surface area (Å²) in [6.45, 7) is 7.06. The van der Waals surface area contributed by atoms with E-state index in [1.807, 2.05) is 6.07 Å². The van der Waals surface area contributed by atoms with Gasteiger partial charge in [0.2, 0.25) is 0 Å². The first-order chi connectivity index (χ1) is 11.5. The van der Waals surface area contributed by atoms with Crippen molar-refractivity contribution in [1.82, 2.24) is 4.90 Å². The van der Waals surface area contributed by atoms with Gasteiger partial charge < -0.3 is 14.4 Å². The monoisotopic (exact) mass is 329 g/mol. The van der Waals surface area contributed by atoms with Crippen LogP contribution in [-0.4, -0.2) is 39.3 Å². The Morgan fingerprint density at radius 2 is 1.92 bits per heavy atom. The lowest BCUT2D eigenvalue weighted by atomic mass is 9.49. The van der Waals surface area contributed by atoms with E-state index >= 15 is 0 Å². The highest BCUT2D eigenvalue weighted by atomic mass is 16.5. The minimum atomic E-state index is 0.522. The number of hydrogen-bond donors (Lipinski definition) is 0. The van der Waals surface area contributed by atoms with Crippen LogP contribution < -0.4 is 9.47 Å².